The first kappa shape index (κ1) is 17.0. The van der Waals surface area contributed by atoms with Gasteiger partial charge in [0.2, 0.25) is 11.8 Å². The minimum atomic E-state index is -0.327. The summed E-state index contributed by atoms with van der Waals surface area (Å²) in [6.45, 7) is 1.58. The fraction of sp³-hybridized carbons (Fsp3) is 0.389. The van der Waals surface area contributed by atoms with Crippen LogP contribution in [0.25, 0.3) is 0 Å². The minimum absolute atomic E-state index is 0.0199. The molecule has 1 aliphatic heterocycles. The standard InChI is InChI=1S/C18H21N3O4/c1-11(22)21-10-14(9-17(21)23)19-13-6-7-15(16(8-13)25-2)20-18(24)12-4-3-5-12/h6-9,12,19H,3-5,10H2,1-2H3,(H,20,24). The van der Waals surface area contributed by atoms with Crippen molar-refractivity contribution in [3.05, 3.63) is 30.0 Å². The van der Waals surface area contributed by atoms with Gasteiger partial charge in [-0.15, -0.1) is 0 Å². The van der Waals surface area contributed by atoms with Crippen molar-refractivity contribution in [3.8, 4) is 5.75 Å². The van der Waals surface area contributed by atoms with Gasteiger partial charge in [-0.2, -0.15) is 0 Å². The van der Waals surface area contributed by atoms with Gasteiger partial charge in [-0.25, -0.2) is 0 Å². The highest BCUT2D eigenvalue weighted by Crippen LogP contribution is 2.32. The minimum Gasteiger partial charge on any atom is -0.494 e. The number of carbonyl (C=O) groups excluding carboxylic acids is 3. The Morgan fingerprint density at radius 2 is 2.04 bits per heavy atom. The molecule has 0 atom stereocenters. The molecule has 1 saturated carbocycles. The third-order valence-electron chi connectivity index (χ3n) is 4.51. The van der Waals surface area contributed by atoms with Crippen LogP contribution in [0.5, 0.6) is 5.75 Å². The second-order valence-corrected chi connectivity index (χ2v) is 6.27. The number of carbonyl (C=O) groups is 3. The quantitative estimate of drug-likeness (QED) is 0.855. The number of benzene rings is 1. The predicted octanol–water partition coefficient (Wildman–Crippen LogP) is 2.12. The van der Waals surface area contributed by atoms with Crippen molar-refractivity contribution in [1.82, 2.24) is 4.90 Å². The molecule has 25 heavy (non-hydrogen) atoms. The summed E-state index contributed by atoms with van der Waals surface area (Å²) in [5.74, 6) is 0.0308. The topological polar surface area (TPSA) is 87.7 Å². The average Bonchev–Trinajstić information content (AvgIpc) is 2.87. The van der Waals surface area contributed by atoms with Gasteiger partial charge >= 0.3 is 0 Å². The molecule has 2 N–H and O–H groups in total. The highest BCUT2D eigenvalue weighted by Gasteiger charge is 2.26. The molecule has 3 amide bonds. The van der Waals surface area contributed by atoms with Gasteiger partial charge in [0, 0.05) is 36.4 Å². The molecule has 0 aromatic heterocycles. The zero-order valence-corrected chi connectivity index (χ0v) is 14.3. The van der Waals surface area contributed by atoms with Gasteiger partial charge in [-0.05, 0) is 25.0 Å². The Morgan fingerprint density at radius 1 is 1.28 bits per heavy atom. The van der Waals surface area contributed by atoms with Crippen molar-refractivity contribution < 1.29 is 19.1 Å². The Morgan fingerprint density at radius 3 is 2.60 bits per heavy atom. The number of anilines is 2. The lowest BCUT2D eigenvalue weighted by Crippen LogP contribution is -2.31. The molecule has 3 rings (SSSR count). The zero-order valence-electron chi connectivity index (χ0n) is 14.3. The molecule has 1 aliphatic carbocycles. The number of hydrogen-bond donors (Lipinski definition) is 2. The molecule has 7 nitrogen and oxygen atoms in total. The van der Waals surface area contributed by atoms with Gasteiger partial charge in [0.25, 0.3) is 5.91 Å². The van der Waals surface area contributed by atoms with Crippen molar-refractivity contribution >= 4 is 29.1 Å². The van der Waals surface area contributed by atoms with Crippen LogP contribution >= 0.6 is 0 Å². The van der Waals surface area contributed by atoms with Crippen LogP contribution in [0, 0.1) is 5.92 Å². The highest BCUT2D eigenvalue weighted by molar-refractivity contribution is 6.03. The van der Waals surface area contributed by atoms with Crippen LogP contribution in [0.3, 0.4) is 0 Å². The number of hydrogen-bond acceptors (Lipinski definition) is 5. The largest absolute Gasteiger partial charge is 0.494 e. The number of rotatable bonds is 5. The molecule has 1 fully saturated rings. The van der Waals surface area contributed by atoms with E-state index in [9.17, 15) is 14.4 Å². The van der Waals surface area contributed by atoms with Crippen molar-refractivity contribution in [2.75, 3.05) is 24.3 Å². The Kier molecular flexibility index (Phi) is 4.74. The number of amides is 3. The lowest BCUT2D eigenvalue weighted by Gasteiger charge is -2.24. The Bertz CT molecular complexity index is 753. The summed E-state index contributed by atoms with van der Waals surface area (Å²) in [6.07, 6.45) is 4.37. The van der Waals surface area contributed by atoms with Gasteiger partial charge in [-0.1, -0.05) is 6.42 Å². The Labute approximate surface area is 146 Å². The first-order valence-electron chi connectivity index (χ1n) is 8.26. The normalized spacial score (nSPS) is 17.0. The van der Waals surface area contributed by atoms with Gasteiger partial charge in [0.1, 0.15) is 5.75 Å². The first-order valence-corrected chi connectivity index (χ1v) is 8.26. The molecule has 0 bridgehead atoms. The van der Waals surface area contributed by atoms with E-state index in [1.807, 2.05) is 0 Å². The zero-order chi connectivity index (χ0) is 18.0. The second kappa shape index (κ2) is 6.96. The fourth-order valence-corrected chi connectivity index (χ4v) is 2.83. The van der Waals surface area contributed by atoms with E-state index in [0.717, 1.165) is 24.2 Å². The SMILES string of the molecule is COc1cc(NC2=CC(=O)N(C(C)=O)C2)ccc1NC(=O)C1CCC1. The molecule has 132 valence electrons. The van der Waals surface area contributed by atoms with Gasteiger partial charge in [0.15, 0.2) is 0 Å². The highest BCUT2D eigenvalue weighted by atomic mass is 16.5. The molecule has 1 heterocycles. The molecule has 0 saturated heterocycles. The van der Waals surface area contributed by atoms with Crippen molar-refractivity contribution in [3.63, 3.8) is 0 Å². The number of ether oxygens (including phenoxy) is 1. The number of methoxy groups -OCH3 is 1. The summed E-state index contributed by atoms with van der Waals surface area (Å²) in [4.78, 5) is 36.4. The van der Waals surface area contributed by atoms with Crippen molar-refractivity contribution in [2.24, 2.45) is 5.92 Å². The summed E-state index contributed by atoms with van der Waals surface area (Å²) in [5.41, 5.74) is 1.96. The summed E-state index contributed by atoms with van der Waals surface area (Å²) in [6, 6.07) is 5.30. The second-order valence-electron chi connectivity index (χ2n) is 6.27. The van der Waals surface area contributed by atoms with Gasteiger partial charge < -0.3 is 15.4 Å². The third kappa shape index (κ3) is 3.65. The van der Waals surface area contributed by atoms with Crippen LogP contribution in [0.1, 0.15) is 26.2 Å². The number of nitrogens with zero attached hydrogens (tertiary/aromatic N) is 1. The maximum atomic E-state index is 12.1. The van der Waals surface area contributed by atoms with Crippen LogP contribution < -0.4 is 15.4 Å². The van der Waals surface area contributed by atoms with Crippen LogP contribution in [0.2, 0.25) is 0 Å². The molecule has 1 aromatic carbocycles. The Hall–Kier alpha value is -2.83. The van der Waals surface area contributed by atoms with E-state index in [1.165, 1.54) is 20.1 Å². The monoisotopic (exact) mass is 343 g/mol. The number of imide groups is 1. The Balaban J connectivity index is 1.69. The van der Waals surface area contributed by atoms with Crippen LogP contribution in [-0.2, 0) is 14.4 Å². The molecule has 2 aliphatic rings. The summed E-state index contributed by atoms with van der Waals surface area (Å²) < 4.78 is 5.36. The van der Waals surface area contributed by atoms with Crippen LogP contribution in [0.15, 0.2) is 30.0 Å². The summed E-state index contributed by atoms with van der Waals surface area (Å²) in [7, 11) is 1.54. The average molecular weight is 343 g/mol. The first-order chi connectivity index (χ1) is 12.0. The molecule has 7 heteroatoms. The van der Waals surface area contributed by atoms with Crippen molar-refractivity contribution in [1.29, 1.82) is 0 Å². The predicted molar refractivity (Wildman–Crippen MR) is 93.1 cm³/mol. The molecule has 0 radical (unpaired) electrons. The van der Waals surface area contributed by atoms with E-state index < -0.39 is 0 Å². The smallest absolute Gasteiger partial charge is 0.255 e. The van der Waals surface area contributed by atoms with E-state index in [0.29, 0.717) is 22.8 Å². The molecule has 0 spiro atoms. The van der Waals surface area contributed by atoms with Gasteiger partial charge in [0.05, 0.1) is 19.3 Å². The lowest BCUT2D eigenvalue weighted by molar-refractivity contribution is -0.138. The van der Waals surface area contributed by atoms with E-state index in [1.54, 1.807) is 18.2 Å². The molecule has 0 unspecified atom stereocenters. The summed E-state index contributed by atoms with van der Waals surface area (Å²) in [5, 5.41) is 6.01. The van der Waals surface area contributed by atoms with Crippen molar-refractivity contribution in [2.45, 2.75) is 26.2 Å². The lowest BCUT2D eigenvalue weighted by atomic mass is 9.85. The maximum absolute atomic E-state index is 12.1. The molecule has 1 aromatic rings. The van der Waals surface area contributed by atoms with E-state index in [4.69, 9.17) is 4.74 Å². The van der Waals surface area contributed by atoms with E-state index in [-0.39, 0.29) is 30.2 Å². The fourth-order valence-electron chi connectivity index (χ4n) is 2.83. The van der Waals surface area contributed by atoms with Gasteiger partial charge in [-0.3, -0.25) is 19.3 Å². The maximum Gasteiger partial charge on any atom is 0.255 e. The van der Waals surface area contributed by atoms with Crippen LogP contribution in [-0.4, -0.2) is 36.3 Å². The number of nitrogens with one attached hydrogen (secondary N) is 2. The van der Waals surface area contributed by atoms with E-state index >= 15 is 0 Å². The van der Waals surface area contributed by atoms with Crippen LogP contribution in [0.4, 0.5) is 11.4 Å². The summed E-state index contributed by atoms with van der Waals surface area (Å²) >= 11 is 0. The third-order valence-corrected chi connectivity index (χ3v) is 4.51. The molecular formula is C18H21N3O4. The molecular weight excluding hydrogens is 322 g/mol. The van der Waals surface area contributed by atoms with E-state index in [2.05, 4.69) is 10.6 Å².